The number of hydrogen-bond acceptors (Lipinski definition) is 3. The first kappa shape index (κ1) is 18.9. The quantitative estimate of drug-likeness (QED) is 0.774. The van der Waals surface area contributed by atoms with Gasteiger partial charge in [-0.15, -0.1) is 0 Å². The SMILES string of the molecule is CC(C)CC(NC(=O)CC(N)C(C)(C)C)C(=O)N(C)C. The summed E-state index contributed by atoms with van der Waals surface area (Å²) in [4.78, 5) is 25.6. The maximum Gasteiger partial charge on any atom is 0.244 e. The Kier molecular flexibility index (Phi) is 7.20. The van der Waals surface area contributed by atoms with E-state index in [1.807, 2.05) is 34.6 Å². The van der Waals surface area contributed by atoms with Crippen LogP contribution < -0.4 is 11.1 Å². The smallest absolute Gasteiger partial charge is 0.244 e. The summed E-state index contributed by atoms with van der Waals surface area (Å²) in [6.45, 7) is 10.1. The summed E-state index contributed by atoms with van der Waals surface area (Å²) >= 11 is 0. The molecule has 20 heavy (non-hydrogen) atoms. The minimum absolute atomic E-state index is 0.0728. The largest absolute Gasteiger partial charge is 0.347 e. The van der Waals surface area contributed by atoms with Crippen LogP contribution in [0.2, 0.25) is 0 Å². The average Bonchev–Trinajstić information content (AvgIpc) is 2.24. The lowest BCUT2D eigenvalue weighted by Gasteiger charge is -2.28. The highest BCUT2D eigenvalue weighted by molar-refractivity contribution is 5.87. The van der Waals surface area contributed by atoms with Gasteiger partial charge in [0.25, 0.3) is 0 Å². The van der Waals surface area contributed by atoms with Crippen LogP contribution in [0.1, 0.15) is 47.5 Å². The Hall–Kier alpha value is -1.10. The molecule has 5 nitrogen and oxygen atoms in total. The zero-order valence-electron chi connectivity index (χ0n) is 14.0. The van der Waals surface area contributed by atoms with Crippen LogP contribution in [-0.4, -0.2) is 42.9 Å². The summed E-state index contributed by atoms with van der Waals surface area (Å²) in [5, 5.41) is 2.82. The molecule has 5 heteroatoms. The Balaban J connectivity index is 4.66. The number of carbonyl (C=O) groups excluding carboxylic acids is 2. The average molecular weight is 285 g/mol. The molecular weight excluding hydrogens is 254 g/mol. The first-order valence-corrected chi connectivity index (χ1v) is 7.21. The van der Waals surface area contributed by atoms with E-state index in [0.717, 1.165) is 0 Å². The topological polar surface area (TPSA) is 75.4 Å². The van der Waals surface area contributed by atoms with Crippen LogP contribution in [0.3, 0.4) is 0 Å². The van der Waals surface area contributed by atoms with E-state index in [9.17, 15) is 9.59 Å². The number of hydrogen-bond donors (Lipinski definition) is 2. The molecule has 0 aromatic rings. The zero-order chi connectivity index (χ0) is 16.1. The molecule has 0 saturated carbocycles. The van der Waals surface area contributed by atoms with Crippen molar-refractivity contribution in [3.63, 3.8) is 0 Å². The number of nitrogens with two attached hydrogens (primary N) is 1. The fourth-order valence-electron chi connectivity index (χ4n) is 1.76. The molecule has 3 N–H and O–H groups in total. The molecule has 0 rings (SSSR count). The molecule has 0 saturated heterocycles. The number of nitrogens with one attached hydrogen (secondary N) is 1. The van der Waals surface area contributed by atoms with Gasteiger partial charge in [-0.1, -0.05) is 34.6 Å². The molecule has 0 fully saturated rings. The van der Waals surface area contributed by atoms with Crippen LogP contribution in [-0.2, 0) is 9.59 Å². The van der Waals surface area contributed by atoms with Crippen molar-refractivity contribution < 1.29 is 9.59 Å². The molecular formula is C15H31N3O2. The summed E-state index contributed by atoms with van der Waals surface area (Å²) in [6, 6.07) is -0.693. The molecule has 0 aliphatic carbocycles. The number of nitrogens with zero attached hydrogens (tertiary/aromatic N) is 1. The second kappa shape index (κ2) is 7.62. The molecule has 2 amide bonds. The van der Waals surface area contributed by atoms with Crippen molar-refractivity contribution in [1.29, 1.82) is 0 Å². The van der Waals surface area contributed by atoms with Gasteiger partial charge >= 0.3 is 0 Å². The predicted molar refractivity (Wildman–Crippen MR) is 82.1 cm³/mol. The van der Waals surface area contributed by atoms with Crippen molar-refractivity contribution in [3.05, 3.63) is 0 Å². The second-order valence-corrected chi connectivity index (χ2v) is 7.16. The molecule has 0 aliphatic rings. The van der Waals surface area contributed by atoms with Crippen molar-refractivity contribution in [2.45, 2.75) is 59.5 Å². The van der Waals surface area contributed by atoms with Gasteiger partial charge in [-0.2, -0.15) is 0 Å². The first-order chi connectivity index (χ1) is 8.95. The Morgan fingerprint density at radius 1 is 1.20 bits per heavy atom. The highest BCUT2D eigenvalue weighted by Gasteiger charge is 2.27. The fourth-order valence-corrected chi connectivity index (χ4v) is 1.76. The van der Waals surface area contributed by atoms with Crippen molar-refractivity contribution in [2.24, 2.45) is 17.1 Å². The van der Waals surface area contributed by atoms with Gasteiger partial charge < -0.3 is 16.0 Å². The summed E-state index contributed by atoms with van der Waals surface area (Å²) in [6.07, 6.45) is 0.867. The highest BCUT2D eigenvalue weighted by Crippen LogP contribution is 2.19. The van der Waals surface area contributed by atoms with Gasteiger partial charge in [-0.25, -0.2) is 0 Å². The van der Waals surface area contributed by atoms with E-state index in [2.05, 4.69) is 5.32 Å². The minimum Gasteiger partial charge on any atom is -0.347 e. The number of likely N-dealkylation sites (N-methyl/N-ethyl adjacent to an activating group) is 1. The van der Waals surface area contributed by atoms with Crippen LogP contribution in [0.15, 0.2) is 0 Å². The van der Waals surface area contributed by atoms with Crippen LogP contribution in [0.25, 0.3) is 0 Å². The fraction of sp³-hybridized carbons (Fsp3) is 0.867. The minimum atomic E-state index is -0.468. The first-order valence-electron chi connectivity index (χ1n) is 7.21. The molecule has 2 atom stereocenters. The van der Waals surface area contributed by atoms with Gasteiger partial charge in [-0.3, -0.25) is 9.59 Å². The van der Waals surface area contributed by atoms with Crippen molar-refractivity contribution in [1.82, 2.24) is 10.2 Å². The van der Waals surface area contributed by atoms with Gasteiger partial charge in [0.15, 0.2) is 0 Å². The molecule has 0 spiro atoms. The Labute approximate surface area is 123 Å². The van der Waals surface area contributed by atoms with Gasteiger partial charge in [-0.05, 0) is 17.8 Å². The Morgan fingerprint density at radius 3 is 2.05 bits per heavy atom. The van der Waals surface area contributed by atoms with Gasteiger partial charge in [0, 0.05) is 26.6 Å². The van der Waals surface area contributed by atoms with Crippen LogP contribution in [0.5, 0.6) is 0 Å². The van der Waals surface area contributed by atoms with E-state index < -0.39 is 6.04 Å². The van der Waals surface area contributed by atoms with Gasteiger partial charge in [0.05, 0.1) is 0 Å². The van der Waals surface area contributed by atoms with Crippen LogP contribution >= 0.6 is 0 Å². The second-order valence-electron chi connectivity index (χ2n) is 7.16. The normalized spacial score (nSPS) is 14.8. The predicted octanol–water partition coefficient (Wildman–Crippen LogP) is 1.37. The lowest BCUT2D eigenvalue weighted by molar-refractivity contribution is -0.135. The molecule has 118 valence electrons. The molecule has 0 aliphatic heterocycles. The van der Waals surface area contributed by atoms with Crippen molar-refractivity contribution in [3.8, 4) is 0 Å². The van der Waals surface area contributed by atoms with E-state index in [0.29, 0.717) is 12.3 Å². The van der Waals surface area contributed by atoms with Crippen LogP contribution in [0.4, 0.5) is 0 Å². The van der Waals surface area contributed by atoms with E-state index >= 15 is 0 Å². The number of amides is 2. The zero-order valence-corrected chi connectivity index (χ0v) is 14.0. The Morgan fingerprint density at radius 2 is 1.70 bits per heavy atom. The highest BCUT2D eigenvalue weighted by atomic mass is 16.2. The lowest BCUT2D eigenvalue weighted by Crippen LogP contribution is -2.49. The molecule has 0 bridgehead atoms. The van der Waals surface area contributed by atoms with Crippen molar-refractivity contribution >= 4 is 11.8 Å². The molecule has 0 radical (unpaired) electrons. The molecule has 0 heterocycles. The van der Waals surface area contributed by atoms with E-state index in [4.69, 9.17) is 5.73 Å². The third-order valence-corrected chi connectivity index (χ3v) is 3.30. The Bertz CT molecular complexity index is 333. The summed E-state index contributed by atoms with van der Waals surface area (Å²) in [5.74, 6) is 0.102. The number of carbonyl (C=O) groups is 2. The van der Waals surface area contributed by atoms with Gasteiger partial charge in [0.1, 0.15) is 6.04 Å². The standard InChI is InChI=1S/C15H31N3O2/c1-10(2)8-11(14(20)18(6)7)17-13(19)9-12(16)15(3,4)5/h10-12H,8-9,16H2,1-7H3,(H,17,19). The van der Waals surface area contributed by atoms with E-state index in [1.165, 1.54) is 4.90 Å². The maximum atomic E-state index is 12.1. The van der Waals surface area contributed by atoms with E-state index in [-0.39, 0.29) is 29.7 Å². The molecule has 2 unspecified atom stereocenters. The maximum absolute atomic E-state index is 12.1. The summed E-state index contributed by atoms with van der Waals surface area (Å²) in [7, 11) is 3.39. The summed E-state index contributed by atoms with van der Waals surface area (Å²) in [5.41, 5.74) is 5.88. The molecule has 0 aromatic heterocycles. The van der Waals surface area contributed by atoms with E-state index in [1.54, 1.807) is 14.1 Å². The van der Waals surface area contributed by atoms with Crippen LogP contribution in [0, 0.1) is 11.3 Å². The van der Waals surface area contributed by atoms with Gasteiger partial charge in [0.2, 0.25) is 11.8 Å². The third kappa shape index (κ3) is 6.89. The molecule has 0 aromatic carbocycles. The number of rotatable bonds is 6. The third-order valence-electron chi connectivity index (χ3n) is 3.30. The summed E-state index contributed by atoms with van der Waals surface area (Å²) < 4.78 is 0. The monoisotopic (exact) mass is 285 g/mol. The lowest BCUT2D eigenvalue weighted by atomic mass is 9.85. The van der Waals surface area contributed by atoms with Crippen molar-refractivity contribution in [2.75, 3.05) is 14.1 Å².